The third-order valence-electron chi connectivity index (χ3n) is 2.27. The highest BCUT2D eigenvalue weighted by atomic mass is 32.1. The van der Waals surface area contributed by atoms with Gasteiger partial charge in [0.05, 0.1) is 7.11 Å². The number of hydrogen-bond donors (Lipinski definition) is 1. The lowest BCUT2D eigenvalue weighted by Gasteiger charge is -2.15. The van der Waals surface area contributed by atoms with Crippen molar-refractivity contribution < 1.29 is 14.3 Å². The van der Waals surface area contributed by atoms with E-state index in [-0.39, 0.29) is 5.91 Å². The molecule has 0 aliphatic carbocycles. The zero-order valence-electron chi connectivity index (χ0n) is 10.4. The largest absolute Gasteiger partial charge is 0.493 e. The fourth-order valence-electron chi connectivity index (χ4n) is 1.35. The Kier molecular flexibility index (Phi) is 4.24. The molecule has 1 aromatic carbocycles. The number of nitrogens with zero attached hydrogens (tertiary/aromatic N) is 3. The minimum Gasteiger partial charge on any atom is -0.493 e. The Morgan fingerprint density at radius 2 is 2.11 bits per heavy atom. The van der Waals surface area contributed by atoms with E-state index in [0.717, 1.165) is 11.5 Å². The zero-order valence-corrected chi connectivity index (χ0v) is 11.2. The molecular formula is C11H12N4O3S. The first kappa shape index (κ1) is 13.2. The number of anilines is 1. The minimum atomic E-state index is -0.694. The Balaban J connectivity index is 2.00. The standard InChI is InChI=1S/C11H12N4O3S/c1-7(10(16)12-11-13-14-15-19-11)18-9-6-4-3-5-8(9)17-2/h3-7H,1-2H3,(H,12,13,15,16). The molecule has 19 heavy (non-hydrogen) atoms. The molecule has 8 heteroatoms. The first-order chi connectivity index (χ1) is 9.20. The van der Waals surface area contributed by atoms with Crippen molar-refractivity contribution in [3.8, 4) is 11.5 Å². The van der Waals surface area contributed by atoms with Crippen molar-refractivity contribution >= 4 is 22.6 Å². The van der Waals surface area contributed by atoms with Crippen LogP contribution in [0.5, 0.6) is 11.5 Å². The molecule has 0 fully saturated rings. The molecule has 100 valence electrons. The maximum absolute atomic E-state index is 11.8. The number of amides is 1. The maximum atomic E-state index is 11.8. The lowest BCUT2D eigenvalue weighted by Crippen LogP contribution is -2.30. The maximum Gasteiger partial charge on any atom is 0.267 e. The molecule has 1 atom stereocenters. The first-order valence-corrected chi connectivity index (χ1v) is 6.23. The highest BCUT2D eigenvalue weighted by Gasteiger charge is 2.17. The first-order valence-electron chi connectivity index (χ1n) is 5.46. The number of nitrogens with one attached hydrogen (secondary N) is 1. The van der Waals surface area contributed by atoms with E-state index in [1.54, 1.807) is 32.2 Å². The number of aromatic nitrogens is 3. The quantitative estimate of drug-likeness (QED) is 0.889. The summed E-state index contributed by atoms with van der Waals surface area (Å²) in [6.45, 7) is 1.64. The molecule has 1 amide bonds. The molecule has 0 aliphatic heterocycles. The molecule has 2 rings (SSSR count). The van der Waals surface area contributed by atoms with Crippen molar-refractivity contribution in [3.05, 3.63) is 24.3 Å². The molecule has 1 unspecified atom stereocenters. The average Bonchev–Trinajstić information content (AvgIpc) is 2.92. The second-order valence-corrected chi connectivity index (χ2v) is 4.30. The SMILES string of the molecule is COc1ccccc1OC(C)C(=O)Nc1nnns1. The van der Waals surface area contributed by atoms with Crippen molar-refractivity contribution in [1.82, 2.24) is 14.8 Å². The van der Waals surface area contributed by atoms with Crippen LogP contribution in [0, 0.1) is 0 Å². The lowest BCUT2D eigenvalue weighted by atomic mass is 10.3. The molecule has 0 radical (unpaired) electrons. The van der Waals surface area contributed by atoms with Gasteiger partial charge in [0.1, 0.15) is 0 Å². The van der Waals surface area contributed by atoms with Gasteiger partial charge in [-0.05, 0) is 24.3 Å². The Bertz CT molecular complexity index is 547. The number of para-hydroxylation sites is 2. The fourth-order valence-corrected chi connectivity index (χ4v) is 1.72. The van der Waals surface area contributed by atoms with Gasteiger partial charge in [-0.2, -0.15) is 0 Å². The lowest BCUT2D eigenvalue weighted by molar-refractivity contribution is -0.122. The molecule has 0 saturated heterocycles. The van der Waals surface area contributed by atoms with Crippen LogP contribution >= 0.6 is 11.5 Å². The third kappa shape index (κ3) is 3.38. The summed E-state index contributed by atoms with van der Waals surface area (Å²) >= 11 is 0.998. The highest BCUT2D eigenvalue weighted by molar-refractivity contribution is 7.09. The zero-order chi connectivity index (χ0) is 13.7. The van der Waals surface area contributed by atoms with Crippen LogP contribution in [0.3, 0.4) is 0 Å². The molecule has 1 heterocycles. The van der Waals surface area contributed by atoms with E-state index in [1.165, 1.54) is 0 Å². The molecule has 7 nitrogen and oxygen atoms in total. The van der Waals surface area contributed by atoms with Gasteiger partial charge in [-0.1, -0.05) is 21.7 Å². The molecule has 0 aliphatic rings. The summed E-state index contributed by atoms with van der Waals surface area (Å²) in [5.74, 6) is 0.743. The number of carbonyl (C=O) groups excluding carboxylic acids is 1. The number of hydrogen-bond acceptors (Lipinski definition) is 7. The van der Waals surface area contributed by atoms with Gasteiger partial charge in [-0.25, -0.2) is 0 Å². The van der Waals surface area contributed by atoms with Gasteiger partial charge < -0.3 is 9.47 Å². The smallest absolute Gasteiger partial charge is 0.267 e. The molecule has 1 aromatic heterocycles. The van der Waals surface area contributed by atoms with E-state index in [1.807, 2.05) is 6.07 Å². The molecule has 2 aromatic rings. The fraction of sp³-hybridized carbons (Fsp3) is 0.273. The van der Waals surface area contributed by atoms with Gasteiger partial charge in [0.15, 0.2) is 17.6 Å². The molecular weight excluding hydrogens is 268 g/mol. The van der Waals surface area contributed by atoms with Gasteiger partial charge in [0, 0.05) is 11.5 Å². The number of benzene rings is 1. The summed E-state index contributed by atoms with van der Waals surface area (Å²) in [5, 5.41) is 9.90. The average molecular weight is 280 g/mol. The Morgan fingerprint density at radius 1 is 1.37 bits per heavy atom. The van der Waals surface area contributed by atoms with Crippen molar-refractivity contribution in [2.75, 3.05) is 12.4 Å². The van der Waals surface area contributed by atoms with Gasteiger partial charge in [0.2, 0.25) is 5.13 Å². The number of methoxy groups -OCH3 is 1. The predicted octanol–water partition coefficient (Wildman–Crippen LogP) is 1.35. The van der Waals surface area contributed by atoms with Crippen molar-refractivity contribution in [2.24, 2.45) is 0 Å². The second-order valence-electron chi connectivity index (χ2n) is 3.57. The van der Waals surface area contributed by atoms with E-state index in [0.29, 0.717) is 16.6 Å². The van der Waals surface area contributed by atoms with Gasteiger partial charge >= 0.3 is 0 Å². The molecule has 0 spiro atoms. The van der Waals surface area contributed by atoms with E-state index in [9.17, 15) is 4.79 Å². The summed E-state index contributed by atoms with van der Waals surface area (Å²) in [5.41, 5.74) is 0. The Hall–Kier alpha value is -2.22. The van der Waals surface area contributed by atoms with E-state index in [2.05, 4.69) is 20.1 Å². The Morgan fingerprint density at radius 3 is 2.74 bits per heavy atom. The van der Waals surface area contributed by atoms with Crippen LogP contribution in [-0.2, 0) is 4.79 Å². The summed E-state index contributed by atoms with van der Waals surface area (Å²) in [4.78, 5) is 11.8. The summed E-state index contributed by atoms with van der Waals surface area (Å²) in [7, 11) is 1.54. The summed E-state index contributed by atoms with van der Waals surface area (Å²) < 4.78 is 14.2. The number of ether oxygens (including phenoxy) is 2. The van der Waals surface area contributed by atoms with Crippen LogP contribution in [-0.4, -0.2) is 33.9 Å². The minimum absolute atomic E-state index is 0.329. The summed E-state index contributed by atoms with van der Waals surface area (Å²) in [6, 6.07) is 7.12. The van der Waals surface area contributed by atoms with Crippen LogP contribution in [0.1, 0.15) is 6.92 Å². The number of carbonyl (C=O) groups is 1. The topological polar surface area (TPSA) is 86.2 Å². The van der Waals surface area contributed by atoms with Crippen molar-refractivity contribution in [3.63, 3.8) is 0 Å². The highest BCUT2D eigenvalue weighted by Crippen LogP contribution is 2.26. The molecule has 0 bridgehead atoms. The Labute approximate surface area is 113 Å². The number of rotatable bonds is 5. The van der Waals surface area contributed by atoms with Crippen LogP contribution in [0.4, 0.5) is 5.13 Å². The third-order valence-corrected chi connectivity index (χ3v) is 2.78. The van der Waals surface area contributed by atoms with Crippen LogP contribution in [0.25, 0.3) is 0 Å². The van der Waals surface area contributed by atoms with E-state index in [4.69, 9.17) is 9.47 Å². The second kappa shape index (κ2) is 6.10. The molecule has 1 N–H and O–H groups in total. The normalized spacial score (nSPS) is 11.7. The van der Waals surface area contributed by atoms with Gasteiger partial charge in [-0.15, -0.1) is 0 Å². The van der Waals surface area contributed by atoms with Crippen LogP contribution in [0.15, 0.2) is 24.3 Å². The predicted molar refractivity (Wildman–Crippen MR) is 69.4 cm³/mol. The van der Waals surface area contributed by atoms with E-state index >= 15 is 0 Å². The monoisotopic (exact) mass is 280 g/mol. The van der Waals surface area contributed by atoms with Crippen LogP contribution in [0.2, 0.25) is 0 Å². The molecule has 0 saturated carbocycles. The van der Waals surface area contributed by atoms with Crippen LogP contribution < -0.4 is 14.8 Å². The van der Waals surface area contributed by atoms with Crippen molar-refractivity contribution in [2.45, 2.75) is 13.0 Å². The van der Waals surface area contributed by atoms with Gasteiger partial charge in [-0.3, -0.25) is 10.1 Å². The van der Waals surface area contributed by atoms with Gasteiger partial charge in [0.25, 0.3) is 5.91 Å². The van der Waals surface area contributed by atoms with E-state index < -0.39 is 6.10 Å². The van der Waals surface area contributed by atoms with Crippen molar-refractivity contribution in [1.29, 1.82) is 0 Å². The summed E-state index contributed by atoms with van der Waals surface area (Å²) in [6.07, 6.45) is -0.694.